The minimum atomic E-state index is 0.0259. The van der Waals surface area contributed by atoms with Gasteiger partial charge in [-0.1, -0.05) is 0 Å². The largest absolute Gasteiger partial charge is 0.297 e. The third-order valence-electron chi connectivity index (χ3n) is 4.40. The van der Waals surface area contributed by atoms with Crippen molar-refractivity contribution in [3.63, 3.8) is 0 Å². The molecule has 0 atom stereocenters. The van der Waals surface area contributed by atoms with E-state index in [0.29, 0.717) is 11.8 Å². The average Bonchev–Trinajstić information content (AvgIpc) is 3.22. The fourth-order valence-electron chi connectivity index (χ4n) is 3.07. The van der Waals surface area contributed by atoms with Gasteiger partial charge >= 0.3 is 0 Å². The molecule has 0 unspecified atom stereocenters. The van der Waals surface area contributed by atoms with Crippen LogP contribution in [0.5, 0.6) is 0 Å². The van der Waals surface area contributed by atoms with E-state index < -0.39 is 0 Å². The first kappa shape index (κ1) is 14.1. The molecule has 4 rings (SSSR count). The summed E-state index contributed by atoms with van der Waals surface area (Å²) in [5.74, 6) is 1.12. The molecule has 0 spiro atoms. The molecule has 2 fully saturated rings. The molecule has 1 saturated heterocycles. The van der Waals surface area contributed by atoms with Crippen LogP contribution in [0.25, 0.3) is 0 Å². The number of hydrogen-bond donors (Lipinski definition) is 0. The molecule has 2 aromatic heterocycles. The first-order chi connectivity index (χ1) is 10.7. The van der Waals surface area contributed by atoms with Gasteiger partial charge in [-0.2, -0.15) is 5.10 Å². The van der Waals surface area contributed by atoms with Crippen LogP contribution in [0, 0.1) is 12.8 Å². The monoisotopic (exact) mass is 316 g/mol. The highest BCUT2D eigenvalue weighted by atomic mass is 32.1. The molecule has 0 radical (unpaired) electrons. The molecule has 1 saturated carbocycles. The van der Waals surface area contributed by atoms with Gasteiger partial charge in [0, 0.05) is 42.9 Å². The van der Waals surface area contributed by atoms with Crippen LogP contribution in [-0.4, -0.2) is 32.8 Å². The van der Waals surface area contributed by atoms with Crippen molar-refractivity contribution in [2.75, 3.05) is 13.1 Å². The predicted molar refractivity (Wildman–Crippen MR) is 86.1 cm³/mol. The molecule has 3 heterocycles. The van der Waals surface area contributed by atoms with E-state index in [1.807, 2.05) is 13.0 Å². The Balaban J connectivity index is 1.34. The smallest absolute Gasteiger partial charge is 0.266 e. The van der Waals surface area contributed by atoms with Gasteiger partial charge < -0.3 is 0 Å². The fourth-order valence-corrected chi connectivity index (χ4v) is 3.67. The van der Waals surface area contributed by atoms with Crippen molar-refractivity contribution in [2.45, 2.75) is 38.8 Å². The normalized spacial score (nSPS) is 19.3. The standard InChI is InChI=1S/C16H20N4OS/c1-11-17-14(10-22-11)9-19-6-12(7-19)8-20-16(21)5-4-15(18-20)13-2-3-13/h4-5,10,12-13H,2-3,6-9H2,1H3. The minimum absolute atomic E-state index is 0.0259. The third-order valence-corrected chi connectivity index (χ3v) is 5.22. The lowest BCUT2D eigenvalue weighted by atomic mass is 10.00. The molecule has 0 aromatic carbocycles. The van der Waals surface area contributed by atoms with E-state index in [9.17, 15) is 4.79 Å². The molecule has 6 heteroatoms. The van der Waals surface area contributed by atoms with E-state index in [1.54, 1.807) is 22.1 Å². The summed E-state index contributed by atoms with van der Waals surface area (Å²) in [4.78, 5) is 18.8. The second kappa shape index (κ2) is 5.59. The van der Waals surface area contributed by atoms with Gasteiger partial charge in [0.2, 0.25) is 0 Å². The van der Waals surface area contributed by atoms with E-state index in [0.717, 1.165) is 42.6 Å². The molecule has 116 valence electrons. The Labute approximate surface area is 133 Å². The van der Waals surface area contributed by atoms with Gasteiger partial charge in [0.15, 0.2) is 0 Å². The van der Waals surface area contributed by atoms with E-state index in [1.165, 1.54) is 12.8 Å². The van der Waals surface area contributed by atoms with Crippen LogP contribution < -0.4 is 5.56 Å². The number of rotatable bonds is 5. The van der Waals surface area contributed by atoms with Crippen LogP contribution in [0.15, 0.2) is 22.3 Å². The van der Waals surface area contributed by atoms with Crippen molar-refractivity contribution < 1.29 is 0 Å². The van der Waals surface area contributed by atoms with Crippen molar-refractivity contribution in [1.29, 1.82) is 0 Å². The molecular weight excluding hydrogens is 296 g/mol. The summed E-state index contributed by atoms with van der Waals surface area (Å²) in [6.45, 7) is 5.76. The lowest BCUT2D eigenvalue weighted by Gasteiger charge is -2.38. The quantitative estimate of drug-likeness (QED) is 0.847. The summed E-state index contributed by atoms with van der Waals surface area (Å²) in [5, 5.41) is 7.80. The maximum absolute atomic E-state index is 11.9. The van der Waals surface area contributed by atoms with Gasteiger partial charge in [-0.3, -0.25) is 9.69 Å². The molecule has 1 aliphatic carbocycles. The number of nitrogens with zero attached hydrogens (tertiary/aromatic N) is 4. The minimum Gasteiger partial charge on any atom is -0.297 e. The SMILES string of the molecule is Cc1nc(CN2CC(Cn3nc(C4CC4)ccc3=O)C2)cs1. The molecular formula is C16H20N4OS. The van der Waals surface area contributed by atoms with Gasteiger partial charge in [-0.05, 0) is 25.8 Å². The lowest BCUT2D eigenvalue weighted by Crippen LogP contribution is -2.49. The molecule has 0 amide bonds. The molecule has 1 aliphatic heterocycles. The molecule has 2 aromatic rings. The van der Waals surface area contributed by atoms with Crippen molar-refractivity contribution in [3.05, 3.63) is 44.3 Å². The van der Waals surface area contributed by atoms with Crippen LogP contribution in [-0.2, 0) is 13.1 Å². The molecule has 0 bridgehead atoms. The van der Waals surface area contributed by atoms with Crippen molar-refractivity contribution >= 4 is 11.3 Å². The first-order valence-electron chi connectivity index (χ1n) is 7.89. The summed E-state index contributed by atoms with van der Waals surface area (Å²) in [6, 6.07) is 3.57. The maximum atomic E-state index is 11.9. The maximum Gasteiger partial charge on any atom is 0.266 e. The van der Waals surface area contributed by atoms with E-state index in [2.05, 4.69) is 20.4 Å². The summed E-state index contributed by atoms with van der Waals surface area (Å²) in [6.07, 6.45) is 2.44. The number of aryl methyl sites for hydroxylation is 1. The molecule has 2 aliphatic rings. The number of thiazole rings is 1. The van der Waals surface area contributed by atoms with Crippen molar-refractivity contribution in [3.8, 4) is 0 Å². The number of aromatic nitrogens is 3. The fraction of sp³-hybridized carbons (Fsp3) is 0.562. The second-order valence-electron chi connectivity index (χ2n) is 6.47. The van der Waals surface area contributed by atoms with E-state index in [4.69, 9.17) is 0 Å². The summed E-state index contributed by atoms with van der Waals surface area (Å²) < 4.78 is 1.67. The third kappa shape index (κ3) is 2.98. The summed E-state index contributed by atoms with van der Waals surface area (Å²) in [5.41, 5.74) is 2.28. The highest BCUT2D eigenvalue weighted by Crippen LogP contribution is 2.38. The van der Waals surface area contributed by atoms with E-state index >= 15 is 0 Å². The van der Waals surface area contributed by atoms with Gasteiger partial charge in [0.25, 0.3) is 5.56 Å². The molecule has 0 N–H and O–H groups in total. The number of likely N-dealkylation sites (tertiary alicyclic amines) is 1. The molecule has 5 nitrogen and oxygen atoms in total. The average molecular weight is 316 g/mol. The highest BCUT2D eigenvalue weighted by Gasteiger charge is 2.29. The Morgan fingerprint density at radius 2 is 2.14 bits per heavy atom. The summed E-state index contributed by atoms with van der Waals surface area (Å²) in [7, 11) is 0. The summed E-state index contributed by atoms with van der Waals surface area (Å²) >= 11 is 1.70. The highest BCUT2D eigenvalue weighted by molar-refractivity contribution is 7.09. The topological polar surface area (TPSA) is 51.0 Å². The second-order valence-corrected chi connectivity index (χ2v) is 7.53. The Bertz CT molecular complexity index is 728. The van der Waals surface area contributed by atoms with Crippen LogP contribution in [0.4, 0.5) is 0 Å². The van der Waals surface area contributed by atoms with Crippen LogP contribution in [0.2, 0.25) is 0 Å². The van der Waals surface area contributed by atoms with E-state index in [-0.39, 0.29) is 5.56 Å². The van der Waals surface area contributed by atoms with Crippen LogP contribution in [0.1, 0.15) is 35.2 Å². The van der Waals surface area contributed by atoms with Crippen molar-refractivity contribution in [1.82, 2.24) is 19.7 Å². The van der Waals surface area contributed by atoms with Gasteiger partial charge in [-0.15, -0.1) is 11.3 Å². The lowest BCUT2D eigenvalue weighted by molar-refractivity contribution is 0.0754. The zero-order valence-electron chi connectivity index (χ0n) is 12.7. The number of hydrogen-bond acceptors (Lipinski definition) is 5. The Kier molecular flexibility index (Phi) is 3.58. The van der Waals surface area contributed by atoms with Gasteiger partial charge in [0.05, 0.1) is 22.9 Å². The zero-order chi connectivity index (χ0) is 15.1. The molecule has 22 heavy (non-hydrogen) atoms. The van der Waals surface area contributed by atoms with Gasteiger partial charge in [0.1, 0.15) is 0 Å². The zero-order valence-corrected chi connectivity index (χ0v) is 13.6. The predicted octanol–water partition coefficient (Wildman–Crippen LogP) is 2.02. The Morgan fingerprint density at radius 1 is 1.32 bits per heavy atom. The Hall–Kier alpha value is -1.53. The van der Waals surface area contributed by atoms with Gasteiger partial charge in [-0.25, -0.2) is 9.67 Å². The Morgan fingerprint density at radius 3 is 2.82 bits per heavy atom. The first-order valence-corrected chi connectivity index (χ1v) is 8.77. The van der Waals surface area contributed by atoms with Crippen LogP contribution >= 0.6 is 11.3 Å². The van der Waals surface area contributed by atoms with Crippen molar-refractivity contribution in [2.24, 2.45) is 5.92 Å². The van der Waals surface area contributed by atoms with Crippen LogP contribution in [0.3, 0.4) is 0 Å².